The zero-order chi connectivity index (χ0) is 23.2. The number of ether oxygens (including phenoxy) is 1. The number of hydrogen-bond acceptors (Lipinski definition) is 6. The summed E-state index contributed by atoms with van der Waals surface area (Å²) in [6, 6.07) is 10.6. The largest absolute Gasteiger partial charge is 0.493 e. The van der Waals surface area contributed by atoms with Crippen molar-refractivity contribution in [3.63, 3.8) is 0 Å². The fourth-order valence-electron chi connectivity index (χ4n) is 2.70. The van der Waals surface area contributed by atoms with Crippen molar-refractivity contribution in [3.05, 3.63) is 59.4 Å². The molecule has 0 saturated heterocycles. The average molecular weight is 453 g/mol. The summed E-state index contributed by atoms with van der Waals surface area (Å²) < 4.78 is 49.1. The molecule has 170 valence electrons. The standard InChI is InChI=1S/C22H29FN2O5S/c1-16(2)31(27,28)30-21-14-17(10-11-20(21)29-5)15-25(13-12-24(3)4)22(26)18-8-6-7-9-19(18)23/h6-11,14,16H,12-13,15H2,1-5H3. The zero-order valence-electron chi connectivity index (χ0n) is 18.5. The first-order valence-electron chi connectivity index (χ1n) is 9.84. The second-order valence-corrected chi connectivity index (χ2v) is 9.72. The first-order valence-corrected chi connectivity index (χ1v) is 11.3. The lowest BCUT2D eigenvalue weighted by Gasteiger charge is -2.25. The van der Waals surface area contributed by atoms with E-state index in [0.717, 1.165) is 0 Å². The Bertz CT molecular complexity index is 1010. The molecule has 0 aliphatic heterocycles. The smallest absolute Gasteiger partial charge is 0.311 e. The van der Waals surface area contributed by atoms with E-state index in [9.17, 15) is 17.6 Å². The van der Waals surface area contributed by atoms with E-state index in [1.54, 1.807) is 18.2 Å². The number of benzene rings is 2. The summed E-state index contributed by atoms with van der Waals surface area (Å²) >= 11 is 0. The van der Waals surface area contributed by atoms with Crippen LogP contribution in [0.3, 0.4) is 0 Å². The molecule has 31 heavy (non-hydrogen) atoms. The third kappa shape index (κ3) is 6.67. The highest BCUT2D eigenvalue weighted by molar-refractivity contribution is 7.87. The molecule has 0 radical (unpaired) electrons. The summed E-state index contributed by atoms with van der Waals surface area (Å²) in [5, 5.41) is -0.736. The molecule has 9 heteroatoms. The lowest BCUT2D eigenvalue weighted by molar-refractivity contribution is 0.0727. The summed E-state index contributed by atoms with van der Waals surface area (Å²) in [5.41, 5.74) is 0.604. The second kappa shape index (κ2) is 10.6. The van der Waals surface area contributed by atoms with E-state index in [1.807, 2.05) is 19.0 Å². The maximum Gasteiger partial charge on any atom is 0.311 e. The molecule has 2 aromatic rings. The highest BCUT2D eigenvalue weighted by Gasteiger charge is 2.23. The Kier molecular flexibility index (Phi) is 8.41. The minimum Gasteiger partial charge on any atom is -0.493 e. The van der Waals surface area contributed by atoms with Gasteiger partial charge in [-0.05, 0) is 57.8 Å². The molecule has 0 spiro atoms. The molecule has 0 aliphatic carbocycles. The van der Waals surface area contributed by atoms with Gasteiger partial charge in [-0.25, -0.2) is 4.39 Å². The molecule has 7 nitrogen and oxygen atoms in total. The molecule has 0 aliphatic rings. The van der Waals surface area contributed by atoms with Crippen LogP contribution in [0.1, 0.15) is 29.8 Å². The predicted octanol–water partition coefficient (Wildman–Crippen LogP) is 3.16. The number of rotatable bonds is 10. The van der Waals surface area contributed by atoms with Gasteiger partial charge in [0.1, 0.15) is 5.82 Å². The van der Waals surface area contributed by atoms with Crippen LogP contribution in [-0.2, 0) is 16.7 Å². The van der Waals surface area contributed by atoms with Crippen molar-refractivity contribution in [3.8, 4) is 11.5 Å². The quantitative estimate of drug-likeness (QED) is 0.516. The molecule has 2 rings (SSSR count). The molecule has 0 aromatic heterocycles. The lowest BCUT2D eigenvalue weighted by atomic mass is 10.1. The van der Waals surface area contributed by atoms with Gasteiger partial charge in [0, 0.05) is 19.6 Å². The SMILES string of the molecule is COc1ccc(CN(CCN(C)C)C(=O)c2ccccc2F)cc1OS(=O)(=O)C(C)C. The minimum absolute atomic E-state index is 0.0198. The second-order valence-electron chi connectivity index (χ2n) is 7.62. The minimum atomic E-state index is -3.83. The number of likely N-dealkylation sites (N-methyl/N-ethyl adjacent to an activating group) is 1. The van der Waals surface area contributed by atoms with E-state index in [0.29, 0.717) is 18.7 Å². The molecule has 2 aromatic carbocycles. The van der Waals surface area contributed by atoms with Gasteiger partial charge in [-0.2, -0.15) is 8.42 Å². The molecule has 0 heterocycles. The monoisotopic (exact) mass is 452 g/mol. The van der Waals surface area contributed by atoms with Crippen LogP contribution in [0.2, 0.25) is 0 Å². The molecular formula is C22H29FN2O5S. The Morgan fingerprint density at radius 1 is 1.06 bits per heavy atom. The van der Waals surface area contributed by atoms with E-state index < -0.39 is 27.1 Å². The number of carbonyl (C=O) groups excluding carboxylic acids is 1. The molecule has 0 atom stereocenters. The van der Waals surface area contributed by atoms with Gasteiger partial charge in [0.15, 0.2) is 11.5 Å². The van der Waals surface area contributed by atoms with E-state index in [-0.39, 0.29) is 23.6 Å². The third-order valence-corrected chi connectivity index (χ3v) is 6.16. The van der Waals surface area contributed by atoms with Gasteiger partial charge in [-0.15, -0.1) is 0 Å². The van der Waals surface area contributed by atoms with E-state index >= 15 is 0 Å². The van der Waals surface area contributed by atoms with Crippen molar-refractivity contribution < 1.29 is 26.5 Å². The van der Waals surface area contributed by atoms with Crippen molar-refractivity contribution in [1.29, 1.82) is 0 Å². The van der Waals surface area contributed by atoms with Gasteiger partial charge in [-0.3, -0.25) is 4.79 Å². The zero-order valence-corrected chi connectivity index (χ0v) is 19.3. The van der Waals surface area contributed by atoms with Gasteiger partial charge >= 0.3 is 10.1 Å². The summed E-state index contributed by atoms with van der Waals surface area (Å²) in [6.07, 6.45) is 0. The van der Waals surface area contributed by atoms with Crippen LogP contribution in [0.25, 0.3) is 0 Å². The van der Waals surface area contributed by atoms with Crippen LogP contribution in [0, 0.1) is 5.82 Å². The Labute approximate surface area is 183 Å². The van der Waals surface area contributed by atoms with Crippen LogP contribution in [0.5, 0.6) is 11.5 Å². The van der Waals surface area contributed by atoms with E-state index in [1.165, 1.54) is 50.1 Å². The van der Waals surface area contributed by atoms with Crippen LogP contribution in [-0.4, -0.2) is 63.7 Å². The number of amides is 1. The van der Waals surface area contributed by atoms with Crippen LogP contribution in [0.4, 0.5) is 4.39 Å². The Morgan fingerprint density at radius 3 is 2.32 bits per heavy atom. The van der Waals surface area contributed by atoms with E-state index in [2.05, 4.69) is 0 Å². The van der Waals surface area contributed by atoms with Crippen molar-refractivity contribution in [1.82, 2.24) is 9.80 Å². The number of nitrogens with zero attached hydrogens (tertiary/aromatic N) is 2. The number of halogens is 1. The van der Waals surface area contributed by atoms with Gasteiger partial charge in [0.05, 0.1) is 17.9 Å². The highest BCUT2D eigenvalue weighted by Crippen LogP contribution is 2.30. The number of hydrogen-bond donors (Lipinski definition) is 0. The maximum absolute atomic E-state index is 14.2. The summed E-state index contributed by atoms with van der Waals surface area (Å²) in [6.45, 7) is 4.10. The third-order valence-electron chi connectivity index (χ3n) is 4.59. The normalized spacial score (nSPS) is 11.6. The molecule has 0 saturated carbocycles. The van der Waals surface area contributed by atoms with Gasteiger partial charge in [0.2, 0.25) is 0 Å². The van der Waals surface area contributed by atoms with Gasteiger partial charge in [0.25, 0.3) is 5.91 Å². The lowest BCUT2D eigenvalue weighted by Crippen LogP contribution is -2.36. The fourth-order valence-corrected chi connectivity index (χ4v) is 3.28. The summed E-state index contributed by atoms with van der Waals surface area (Å²) in [4.78, 5) is 16.5. The van der Waals surface area contributed by atoms with Crippen LogP contribution >= 0.6 is 0 Å². The Hall–Kier alpha value is -2.65. The van der Waals surface area contributed by atoms with Crippen molar-refractivity contribution in [2.24, 2.45) is 0 Å². The Balaban J connectivity index is 2.36. The van der Waals surface area contributed by atoms with E-state index in [4.69, 9.17) is 8.92 Å². The number of methoxy groups -OCH3 is 1. The predicted molar refractivity (Wildman–Crippen MR) is 117 cm³/mol. The van der Waals surface area contributed by atoms with Crippen molar-refractivity contribution in [2.75, 3.05) is 34.3 Å². The van der Waals surface area contributed by atoms with Crippen LogP contribution < -0.4 is 8.92 Å². The molecule has 0 fully saturated rings. The van der Waals surface area contributed by atoms with Crippen molar-refractivity contribution in [2.45, 2.75) is 25.6 Å². The molecule has 0 N–H and O–H groups in total. The molecule has 0 bridgehead atoms. The number of carbonyl (C=O) groups is 1. The first kappa shape index (κ1) is 24.6. The highest BCUT2D eigenvalue weighted by atomic mass is 32.2. The maximum atomic E-state index is 14.2. The average Bonchev–Trinajstić information content (AvgIpc) is 2.70. The molecule has 1 amide bonds. The van der Waals surface area contributed by atoms with Crippen LogP contribution in [0.15, 0.2) is 42.5 Å². The van der Waals surface area contributed by atoms with Gasteiger partial charge in [-0.1, -0.05) is 18.2 Å². The molecule has 0 unspecified atom stereocenters. The fraction of sp³-hybridized carbons (Fsp3) is 0.409. The summed E-state index contributed by atoms with van der Waals surface area (Å²) in [5.74, 6) is -0.745. The van der Waals surface area contributed by atoms with Gasteiger partial charge < -0.3 is 18.7 Å². The topological polar surface area (TPSA) is 76.2 Å². The summed E-state index contributed by atoms with van der Waals surface area (Å²) in [7, 11) is 1.33. The molecular weight excluding hydrogens is 423 g/mol. The Morgan fingerprint density at radius 2 is 1.74 bits per heavy atom. The first-order chi connectivity index (χ1) is 14.5. The van der Waals surface area contributed by atoms with Crippen molar-refractivity contribution >= 4 is 16.0 Å².